The molecule has 0 bridgehead atoms. The summed E-state index contributed by atoms with van der Waals surface area (Å²) >= 11 is 3.32. The first kappa shape index (κ1) is 12.1. The zero-order valence-electron chi connectivity index (χ0n) is 8.95. The molecule has 0 aliphatic carbocycles. The smallest absolute Gasteiger partial charge is 0.314 e. The van der Waals surface area contributed by atoms with E-state index in [9.17, 15) is 4.79 Å². The van der Waals surface area contributed by atoms with E-state index in [4.69, 9.17) is 4.74 Å². The van der Waals surface area contributed by atoms with Crippen LogP contribution in [0.4, 0.5) is 0 Å². The lowest BCUT2D eigenvalue weighted by Crippen LogP contribution is -2.15. The number of halogens is 1. The second kappa shape index (κ2) is 5.21. The van der Waals surface area contributed by atoms with Crippen molar-refractivity contribution in [2.75, 3.05) is 6.61 Å². The van der Waals surface area contributed by atoms with Crippen LogP contribution in [0, 0.1) is 6.92 Å². The first-order valence-corrected chi connectivity index (χ1v) is 5.51. The van der Waals surface area contributed by atoms with Crippen LogP contribution in [0.25, 0.3) is 0 Å². The van der Waals surface area contributed by atoms with Crippen LogP contribution in [-0.2, 0) is 9.53 Å². The SMILES string of the molecule is CCOC(=O)C(C)c1nc(C)ncc1Br. The summed E-state index contributed by atoms with van der Waals surface area (Å²) in [5.41, 5.74) is 0.668. The molecule has 15 heavy (non-hydrogen) atoms. The van der Waals surface area contributed by atoms with Crippen molar-refractivity contribution in [1.29, 1.82) is 0 Å². The molecule has 1 heterocycles. The van der Waals surface area contributed by atoms with Crippen molar-refractivity contribution in [1.82, 2.24) is 9.97 Å². The van der Waals surface area contributed by atoms with Gasteiger partial charge in [0.05, 0.1) is 22.7 Å². The molecule has 0 N–H and O–H groups in total. The van der Waals surface area contributed by atoms with Gasteiger partial charge >= 0.3 is 5.97 Å². The highest BCUT2D eigenvalue weighted by Gasteiger charge is 2.20. The third-order valence-corrected chi connectivity index (χ3v) is 2.55. The molecule has 5 heteroatoms. The number of aryl methyl sites for hydroxylation is 1. The fourth-order valence-corrected chi connectivity index (χ4v) is 1.69. The average molecular weight is 273 g/mol. The Hall–Kier alpha value is -0.970. The second-order valence-corrected chi connectivity index (χ2v) is 3.98. The number of hydrogen-bond acceptors (Lipinski definition) is 4. The maximum absolute atomic E-state index is 11.5. The zero-order valence-corrected chi connectivity index (χ0v) is 10.5. The first-order valence-electron chi connectivity index (χ1n) is 4.72. The number of ether oxygens (including phenoxy) is 1. The molecule has 82 valence electrons. The molecule has 0 aromatic carbocycles. The molecule has 0 fully saturated rings. The summed E-state index contributed by atoms with van der Waals surface area (Å²) in [5, 5.41) is 0. The lowest BCUT2D eigenvalue weighted by Gasteiger charge is -2.11. The van der Waals surface area contributed by atoms with Crippen LogP contribution >= 0.6 is 15.9 Å². The fraction of sp³-hybridized carbons (Fsp3) is 0.500. The highest BCUT2D eigenvalue weighted by molar-refractivity contribution is 9.10. The maximum Gasteiger partial charge on any atom is 0.314 e. The molecule has 0 aliphatic heterocycles. The summed E-state index contributed by atoms with van der Waals surface area (Å²) in [7, 11) is 0. The van der Waals surface area contributed by atoms with E-state index in [0.29, 0.717) is 18.1 Å². The molecule has 1 unspecified atom stereocenters. The van der Waals surface area contributed by atoms with Crippen molar-refractivity contribution in [3.63, 3.8) is 0 Å². The number of nitrogens with zero attached hydrogens (tertiary/aromatic N) is 2. The lowest BCUT2D eigenvalue weighted by atomic mass is 10.1. The van der Waals surface area contributed by atoms with Crippen molar-refractivity contribution in [2.24, 2.45) is 0 Å². The van der Waals surface area contributed by atoms with Gasteiger partial charge in [-0.2, -0.15) is 0 Å². The highest BCUT2D eigenvalue weighted by Crippen LogP contribution is 2.23. The van der Waals surface area contributed by atoms with Gasteiger partial charge in [-0.05, 0) is 36.7 Å². The summed E-state index contributed by atoms with van der Waals surface area (Å²) < 4.78 is 5.66. The Labute approximate surface area is 97.2 Å². The Kier molecular flexibility index (Phi) is 4.20. The monoisotopic (exact) mass is 272 g/mol. The molecule has 1 aromatic rings. The Morgan fingerprint density at radius 1 is 1.67 bits per heavy atom. The summed E-state index contributed by atoms with van der Waals surface area (Å²) in [4.78, 5) is 19.7. The molecule has 1 rings (SSSR count). The van der Waals surface area contributed by atoms with Gasteiger partial charge in [-0.3, -0.25) is 4.79 Å². The minimum Gasteiger partial charge on any atom is -0.465 e. The Morgan fingerprint density at radius 3 is 2.93 bits per heavy atom. The van der Waals surface area contributed by atoms with Gasteiger partial charge in [-0.1, -0.05) is 0 Å². The molecule has 0 radical (unpaired) electrons. The van der Waals surface area contributed by atoms with Gasteiger partial charge in [-0.15, -0.1) is 0 Å². The van der Waals surface area contributed by atoms with Crippen molar-refractivity contribution in [3.8, 4) is 0 Å². The van der Waals surface area contributed by atoms with E-state index in [1.165, 1.54) is 0 Å². The normalized spacial score (nSPS) is 12.3. The van der Waals surface area contributed by atoms with Crippen LogP contribution in [-0.4, -0.2) is 22.5 Å². The molecule has 1 aromatic heterocycles. The van der Waals surface area contributed by atoms with Crippen molar-refractivity contribution >= 4 is 21.9 Å². The van der Waals surface area contributed by atoms with Crippen LogP contribution < -0.4 is 0 Å². The third kappa shape index (κ3) is 2.99. The summed E-state index contributed by atoms with van der Waals surface area (Å²) in [6, 6.07) is 0. The van der Waals surface area contributed by atoms with Gasteiger partial charge in [-0.25, -0.2) is 9.97 Å². The van der Waals surface area contributed by atoms with Crippen molar-refractivity contribution < 1.29 is 9.53 Å². The van der Waals surface area contributed by atoms with Gasteiger partial charge in [0.15, 0.2) is 0 Å². The van der Waals surface area contributed by atoms with Crippen LogP contribution in [0.15, 0.2) is 10.7 Å². The summed E-state index contributed by atoms with van der Waals surface area (Å²) in [6.45, 7) is 5.72. The lowest BCUT2D eigenvalue weighted by molar-refractivity contribution is -0.144. The number of esters is 1. The zero-order chi connectivity index (χ0) is 11.4. The molecule has 4 nitrogen and oxygen atoms in total. The van der Waals surface area contributed by atoms with Gasteiger partial charge in [0.1, 0.15) is 5.82 Å². The Balaban J connectivity index is 2.94. The number of carbonyl (C=O) groups excluding carboxylic acids is 1. The first-order chi connectivity index (χ1) is 7.06. The largest absolute Gasteiger partial charge is 0.465 e. The standard InChI is InChI=1S/C10H13BrN2O2/c1-4-15-10(14)6(2)9-8(11)5-12-7(3)13-9/h5-6H,4H2,1-3H3. The third-order valence-electron chi connectivity index (χ3n) is 1.94. The number of hydrogen-bond donors (Lipinski definition) is 0. The molecule has 0 amide bonds. The van der Waals surface area contributed by atoms with Gasteiger partial charge < -0.3 is 4.74 Å². The van der Waals surface area contributed by atoms with Crippen LogP contribution in [0.3, 0.4) is 0 Å². The van der Waals surface area contributed by atoms with Crippen LogP contribution in [0.5, 0.6) is 0 Å². The maximum atomic E-state index is 11.5. The van der Waals surface area contributed by atoms with E-state index in [-0.39, 0.29) is 11.9 Å². The Morgan fingerprint density at radius 2 is 2.33 bits per heavy atom. The summed E-state index contributed by atoms with van der Waals surface area (Å²) in [6.07, 6.45) is 1.65. The number of aromatic nitrogens is 2. The van der Waals surface area contributed by atoms with E-state index in [1.807, 2.05) is 0 Å². The Bertz CT molecular complexity index is 368. The molecular weight excluding hydrogens is 260 g/mol. The quantitative estimate of drug-likeness (QED) is 0.792. The van der Waals surface area contributed by atoms with Gasteiger partial charge in [0, 0.05) is 6.20 Å². The molecule has 0 aliphatic rings. The molecule has 0 saturated heterocycles. The predicted octanol–water partition coefficient (Wildman–Crippen LogP) is 2.21. The molecule has 1 atom stereocenters. The minimum absolute atomic E-state index is 0.267. The predicted molar refractivity (Wildman–Crippen MR) is 59.5 cm³/mol. The molecular formula is C10H13BrN2O2. The van der Waals surface area contributed by atoms with Crippen molar-refractivity contribution in [2.45, 2.75) is 26.7 Å². The fourth-order valence-electron chi connectivity index (χ4n) is 1.16. The summed E-state index contributed by atoms with van der Waals surface area (Å²) in [5.74, 6) is 0.00155. The van der Waals surface area contributed by atoms with Crippen LogP contribution in [0.1, 0.15) is 31.3 Å². The van der Waals surface area contributed by atoms with Crippen LogP contribution in [0.2, 0.25) is 0 Å². The minimum atomic E-state index is -0.374. The van der Waals surface area contributed by atoms with E-state index in [1.54, 1.807) is 27.0 Å². The number of carbonyl (C=O) groups is 1. The van der Waals surface area contributed by atoms with E-state index in [2.05, 4.69) is 25.9 Å². The molecule has 0 saturated carbocycles. The highest BCUT2D eigenvalue weighted by atomic mass is 79.9. The van der Waals surface area contributed by atoms with E-state index >= 15 is 0 Å². The second-order valence-electron chi connectivity index (χ2n) is 3.12. The van der Waals surface area contributed by atoms with Gasteiger partial charge in [0.25, 0.3) is 0 Å². The van der Waals surface area contributed by atoms with Crippen molar-refractivity contribution in [3.05, 3.63) is 22.2 Å². The topological polar surface area (TPSA) is 52.1 Å². The van der Waals surface area contributed by atoms with Gasteiger partial charge in [0.2, 0.25) is 0 Å². The molecule has 0 spiro atoms. The van der Waals surface area contributed by atoms with E-state index in [0.717, 1.165) is 4.47 Å². The average Bonchev–Trinajstić information content (AvgIpc) is 2.21. The van der Waals surface area contributed by atoms with E-state index < -0.39 is 0 Å². The number of rotatable bonds is 3.